The molecule has 3 rings (SSSR count). The van der Waals surface area contributed by atoms with E-state index >= 15 is 0 Å². The van der Waals surface area contributed by atoms with E-state index in [9.17, 15) is 4.39 Å². The fourth-order valence-electron chi connectivity index (χ4n) is 1.68. The molecule has 1 heterocycles. The zero-order valence-corrected chi connectivity index (χ0v) is 9.91. The zero-order valence-electron chi connectivity index (χ0n) is 9.15. The van der Waals surface area contributed by atoms with Crippen molar-refractivity contribution in [3.8, 4) is 11.5 Å². The van der Waals surface area contributed by atoms with Crippen molar-refractivity contribution in [2.24, 2.45) is 0 Å². The van der Waals surface area contributed by atoms with Crippen LogP contribution >= 0.6 is 11.6 Å². The van der Waals surface area contributed by atoms with E-state index in [1.165, 1.54) is 12.1 Å². The number of halogens is 2. The lowest BCUT2D eigenvalue weighted by Gasteiger charge is -1.98. The van der Waals surface area contributed by atoms with Gasteiger partial charge in [-0.2, -0.15) is 0 Å². The summed E-state index contributed by atoms with van der Waals surface area (Å²) in [6, 6.07) is 9.57. The van der Waals surface area contributed by atoms with Crippen LogP contribution in [0.25, 0.3) is 22.6 Å². The van der Waals surface area contributed by atoms with Crippen molar-refractivity contribution in [2.45, 2.75) is 0 Å². The Morgan fingerprint density at radius 1 is 1.17 bits per heavy atom. The second kappa shape index (κ2) is 3.99. The average Bonchev–Trinajstić information content (AvgIpc) is 2.75. The minimum absolute atomic E-state index is 0.0953. The maximum Gasteiger partial charge on any atom is 0.227 e. The molecular weight excluding hydrogens is 255 g/mol. The molecule has 0 fully saturated rings. The van der Waals surface area contributed by atoms with E-state index in [-0.39, 0.29) is 5.69 Å². The molecule has 0 aliphatic rings. The molecule has 2 aromatic carbocycles. The number of oxazole rings is 1. The van der Waals surface area contributed by atoms with Gasteiger partial charge in [-0.1, -0.05) is 11.6 Å². The molecule has 0 radical (unpaired) electrons. The van der Waals surface area contributed by atoms with E-state index in [1.54, 1.807) is 24.3 Å². The molecular formula is C13H8ClFN2O. The summed E-state index contributed by atoms with van der Waals surface area (Å²) in [5, 5.41) is 0.564. The normalized spacial score (nSPS) is 11.0. The Kier molecular flexibility index (Phi) is 2.45. The minimum Gasteiger partial charge on any atom is -0.436 e. The van der Waals surface area contributed by atoms with Crippen molar-refractivity contribution in [2.75, 3.05) is 5.73 Å². The number of nitrogen functional groups attached to an aromatic ring is 1. The van der Waals surface area contributed by atoms with Gasteiger partial charge in [-0.15, -0.1) is 0 Å². The van der Waals surface area contributed by atoms with Crippen molar-refractivity contribution in [3.05, 3.63) is 47.2 Å². The summed E-state index contributed by atoms with van der Waals surface area (Å²) < 4.78 is 18.9. The van der Waals surface area contributed by atoms with E-state index in [0.717, 1.165) is 0 Å². The number of rotatable bonds is 1. The van der Waals surface area contributed by atoms with Crippen molar-refractivity contribution in [3.63, 3.8) is 0 Å². The first-order chi connectivity index (χ1) is 8.63. The van der Waals surface area contributed by atoms with Crippen molar-refractivity contribution in [1.29, 1.82) is 0 Å². The molecule has 0 aliphatic heterocycles. The summed E-state index contributed by atoms with van der Waals surface area (Å²) in [6.07, 6.45) is 0. The summed E-state index contributed by atoms with van der Waals surface area (Å²) in [5.74, 6) is -0.154. The predicted octanol–water partition coefficient (Wildman–Crippen LogP) is 3.87. The number of nitrogens with zero attached hydrogens (tertiary/aromatic N) is 1. The van der Waals surface area contributed by atoms with Crippen LogP contribution < -0.4 is 5.73 Å². The first-order valence-corrected chi connectivity index (χ1v) is 5.63. The van der Waals surface area contributed by atoms with E-state index in [4.69, 9.17) is 21.8 Å². The third-order valence-corrected chi connectivity index (χ3v) is 2.83. The first kappa shape index (κ1) is 11.0. The zero-order chi connectivity index (χ0) is 12.7. The molecule has 18 heavy (non-hydrogen) atoms. The highest BCUT2D eigenvalue weighted by Crippen LogP contribution is 2.27. The number of fused-ring (bicyclic) bond motifs is 1. The van der Waals surface area contributed by atoms with Gasteiger partial charge in [-0.05, 0) is 30.3 Å². The van der Waals surface area contributed by atoms with Crippen LogP contribution in [0.15, 0.2) is 40.8 Å². The fraction of sp³-hybridized carbons (Fsp3) is 0. The Balaban J connectivity index is 2.16. The van der Waals surface area contributed by atoms with Crippen LogP contribution in [-0.4, -0.2) is 4.98 Å². The van der Waals surface area contributed by atoms with Gasteiger partial charge in [0.1, 0.15) is 11.3 Å². The highest BCUT2D eigenvalue weighted by atomic mass is 35.5. The first-order valence-electron chi connectivity index (χ1n) is 5.25. The quantitative estimate of drug-likeness (QED) is 0.677. The third-order valence-electron chi connectivity index (χ3n) is 2.60. The second-order valence-corrected chi connectivity index (χ2v) is 4.30. The molecule has 0 spiro atoms. The Bertz CT molecular complexity index is 739. The second-order valence-electron chi connectivity index (χ2n) is 3.87. The molecule has 0 saturated heterocycles. The van der Waals surface area contributed by atoms with Crippen LogP contribution in [0.3, 0.4) is 0 Å². The third kappa shape index (κ3) is 1.80. The predicted molar refractivity (Wildman–Crippen MR) is 68.8 cm³/mol. The monoisotopic (exact) mass is 262 g/mol. The Morgan fingerprint density at radius 2 is 2.00 bits per heavy atom. The lowest BCUT2D eigenvalue weighted by molar-refractivity contribution is 0.613. The van der Waals surface area contributed by atoms with E-state index in [2.05, 4.69) is 4.98 Å². The van der Waals surface area contributed by atoms with Crippen LogP contribution in [-0.2, 0) is 0 Å². The van der Waals surface area contributed by atoms with Crippen LogP contribution in [0.2, 0.25) is 5.02 Å². The van der Waals surface area contributed by atoms with E-state index in [1.807, 2.05) is 0 Å². The molecule has 0 bridgehead atoms. The van der Waals surface area contributed by atoms with Gasteiger partial charge in [-0.3, -0.25) is 0 Å². The average molecular weight is 263 g/mol. The molecule has 0 aliphatic carbocycles. The number of aromatic nitrogens is 1. The van der Waals surface area contributed by atoms with Crippen molar-refractivity contribution >= 4 is 28.4 Å². The summed E-state index contributed by atoms with van der Waals surface area (Å²) in [4.78, 5) is 4.26. The highest BCUT2D eigenvalue weighted by Gasteiger charge is 2.10. The molecule has 90 valence electrons. The van der Waals surface area contributed by atoms with Gasteiger partial charge in [0, 0.05) is 16.7 Å². The molecule has 3 aromatic rings. The SMILES string of the molecule is Nc1ccc(-c2nc3ccc(Cl)cc3o2)cc1F. The van der Waals surface area contributed by atoms with Gasteiger partial charge in [-0.25, -0.2) is 9.37 Å². The molecule has 0 amide bonds. The van der Waals surface area contributed by atoms with Gasteiger partial charge >= 0.3 is 0 Å². The van der Waals surface area contributed by atoms with Gasteiger partial charge < -0.3 is 10.2 Å². The summed E-state index contributed by atoms with van der Waals surface area (Å²) in [6.45, 7) is 0. The number of anilines is 1. The molecule has 3 nitrogen and oxygen atoms in total. The number of hydrogen-bond acceptors (Lipinski definition) is 3. The maximum atomic E-state index is 13.4. The fourth-order valence-corrected chi connectivity index (χ4v) is 1.84. The lowest BCUT2D eigenvalue weighted by Crippen LogP contribution is -1.90. The van der Waals surface area contributed by atoms with Gasteiger partial charge in [0.15, 0.2) is 5.58 Å². The maximum absolute atomic E-state index is 13.4. The summed E-state index contributed by atoms with van der Waals surface area (Å²) in [7, 11) is 0. The minimum atomic E-state index is -0.493. The molecule has 5 heteroatoms. The molecule has 0 saturated carbocycles. The van der Waals surface area contributed by atoms with Gasteiger partial charge in [0.25, 0.3) is 0 Å². The Morgan fingerprint density at radius 3 is 2.78 bits per heavy atom. The number of benzene rings is 2. The standard InChI is InChI=1S/C13H8ClFN2O/c14-8-2-4-11-12(6-8)18-13(17-11)7-1-3-10(16)9(15)5-7/h1-6H,16H2. The van der Waals surface area contributed by atoms with Crippen molar-refractivity contribution < 1.29 is 8.81 Å². The number of nitrogens with two attached hydrogens (primary N) is 1. The van der Waals surface area contributed by atoms with Crippen LogP contribution in [0, 0.1) is 5.82 Å². The van der Waals surface area contributed by atoms with Crippen LogP contribution in [0.1, 0.15) is 0 Å². The Hall–Kier alpha value is -2.07. The molecule has 1 aromatic heterocycles. The smallest absolute Gasteiger partial charge is 0.227 e. The summed E-state index contributed by atoms with van der Waals surface area (Å²) >= 11 is 5.86. The van der Waals surface area contributed by atoms with Crippen molar-refractivity contribution in [1.82, 2.24) is 4.98 Å². The molecule has 0 atom stereocenters. The largest absolute Gasteiger partial charge is 0.436 e. The summed E-state index contributed by atoms with van der Waals surface area (Å²) in [5.41, 5.74) is 7.29. The Labute approximate surface area is 107 Å². The highest BCUT2D eigenvalue weighted by molar-refractivity contribution is 6.31. The molecule has 2 N–H and O–H groups in total. The molecule has 0 unspecified atom stereocenters. The van der Waals surface area contributed by atoms with Crippen LogP contribution in [0.4, 0.5) is 10.1 Å². The lowest BCUT2D eigenvalue weighted by atomic mass is 10.2. The van der Waals surface area contributed by atoms with E-state index < -0.39 is 5.82 Å². The van der Waals surface area contributed by atoms with Gasteiger partial charge in [0.2, 0.25) is 5.89 Å². The van der Waals surface area contributed by atoms with Gasteiger partial charge in [0.05, 0.1) is 5.69 Å². The topological polar surface area (TPSA) is 52.0 Å². The van der Waals surface area contributed by atoms with Crippen LogP contribution in [0.5, 0.6) is 0 Å². The van der Waals surface area contributed by atoms with E-state index in [0.29, 0.717) is 27.6 Å². The number of hydrogen-bond donors (Lipinski definition) is 1.